The van der Waals surface area contributed by atoms with Crippen molar-refractivity contribution in [3.63, 3.8) is 0 Å². The minimum atomic E-state index is -0.959. The molecule has 0 bridgehead atoms. The number of thiazole rings is 1. The number of hydrogen-bond donors (Lipinski definition) is 3. The molecule has 3 rings (SSSR count). The number of nitrogen functional groups attached to an aromatic ring is 1. The lowest BCUT2D eigenvalue weighted by Gasteiger charge is -2.39. The van der Waals surface area contributed by atoms with Crippen LogP contribution in [0.25, 0.3) is 0 Å². The molecule has 0 aliphatic carbocycles. The van der Waals surface area contributed by atoms with Gasteiger partial charge in [-0.05, 0) is 81.6 Å². The van der Waals surface area contributed by atoms with Crippen LogP contribution in [0.15, 0.2) is 29.6 Å². The summed E-state index contributed by atoms with van der Waals surface area (Å²) < 4.78 is 5.83. The van der Waals surface area contributed by atoms with E-state index in [1.165, 1.54) is 18.3 Å². The third-order valence-electron chi connectivity index (χ3n) is 11.0. The van der Waals surface area contributed by atoms with E-state index in [0.29, 0.717) is 29.6 Å². The van der Waals surface area contributed by atoms with Gasteiger partial charge in [-0.25, -0.2) is 4.98 Å². The van der Waals surface area contributed by atoms with E-state index >= 15 is 0 Å². The third-order valence-corrected chi connectivity index (χ3v) is 12.0. The topological polar surface area (TPSA) is 172 Å². The number of ether oxygens (including phenoxy) is 1. The molecule has 13 heteroatoms. The molecule has 1 fully saturated rings. The molecule has 2 heterocycles. The summed E-state index contributed by atoms with van der Waals surface area (Å²) in [5.41, 5.74) is 7.46. The molecule has 0 unspecified atom stereocenters. The summed E-state index contributed by atoms with van der Waals surface area (Å²) in [5, 5.41) is 14.6. The largest absolute Gasteiger partial charge is 0.481 e. The molecular weight excluding hydrogens is 707 g/mol. The van der Waals surface area contributed by atoms with E-state index in [-0.39, 0.29) is 60.6 Å². The normalized spacial score (nSPS) is 19.6. The number of carboxylic acid groups (broad SMARTS) is 1. The van der Waals surface area contributed by atoms with Crippen LogP contribution in [-0.4, -0.2) is 87.7 Å². The van der Waals surface area contributed by atoms with Crippen molar-refractivity contribution in [1.82, 2.24) is 20.1 Å². The third kappa shape index (κ3) is 12.6. The van der Waals surface area contributed by atoms with Gasteiger partial charge in [-0.1, -0.05) is 60.1 Å². The molecule has 0 saturated carbocycles. The average Bonchev–Trinajstić information content (AvgIpc) is 3.62. The van der Waals surface area contributed by atoms with Crippen LogP contribution in [-0.2, 0) is 30.3 Å². The van der Waals surface area contributed by atoms with E-state index in [2.05, 4.69) is 22.1 Å². The highest BCUT2D eigenvalue weighted by Crippen LogP contribution is 2.34. The number of likely N-dealkylation sites (tertiary alicyclic amines) is 1. The average molecular weight is 770 g/mol. The fourth-order valence-electron chi connectivity index (χ4n) is 7.41. The Morgan fingerprint density at radius 2 is 1.76 bits per heavy atom. The smallest absolute Gasteiger partial charge is 0.306 e. The lowest BCUT2D eigenvalue weighted by atomic mass is 9.81. The van der Waals surface area contributed by atoms with Crippen molar-refractivity contribution in [3.05, 3.63) is 45.9 Å². The summed E-state index contributed by atoms with van der Waals surface area (Å²) in [6, 6.07) is 6.17. The number of Topliss-reactive ketones (excluding diaryl/α,β-unsaturated/α-hetero) is 1. The lowest BCUT2D eigenvalue weighted by Crippen LogP contribution is -2.50. The van der Waals surface area contributed by atoms with Crippen molar-refractivity contribution in [2.45, 2.75) is 125 Å². The Hall–Kier alpha value is -3.84. The van der Waals surface area contributed by atoms with Crippen molar-refractivity contribution < 1.29 is 33.8 Å². The van der Waals surface area contributed by atoms with E-state index in [4.69, 9.17) is 10.5 Å². The zero-order valence-electron chi connectivity index (χ0n) is 33.7. The molecule has 300 valence electrons. The fraction of sp³-hybridized carbons (Fsp3) is 0.659. The second-order valence-corrected chi connectivity index (χ2v) is 16.6. The van der Waals surface area contributed by atoms with Gasteiger partial charge in [0, 0.05) is 55.4 Å². The highest BCUT2D eigenvalue weighted by molar-refractivity contribution is 7.09. The first kappa shape index (κ1) is 44.6. The molecule has 1 saturated heterocycles. The second-order valence-electron chi connectivity index (χ2n) is 15.7. The Morgan fingerprint density at radius 3 is 2.33 bits per heavy atom. The molecule has 1 aromatic carbocycles. The number of carboxylic acids is 1. The number of nitrogens with one attached hydrogen (secondary N) is 1. The highest BCUT2D eigenvalue weighted by atomic mass is 32.1. The number of amides is 2. The molecule has 1 aromatic heterocycles. The maximum atomic E-state index is 14.5. The number of nitrogens with two attached hydrogens (primary N) is 1. The van der Waals surface area contributed by atoms with Gasteiger partial charge in [-0.2, -0.15) is 0 Å². The summed E-state index contributed by atoms with van der Waals surface area (Å²) >= 11 is 1.19. The standard InChI is InChI=1S/C41H63N5O7S/c1-10-26(6)32(21-36(48)35-18-25(5)16-17-45(35)9)40(50)46(11-2)34(24(3)4)22-37(53-28(8)47)39-44-33(23-54-39)38(49)43-31(19-27(7)41(51)52)20-29-12-14-30(42)15-13-29/h12-15,23-27,31-32,34-35,37H,10-11,16-22,42H2,1-9H3,(H,43,49)(H,51,52)/t25-,26+,27+,31-,32+,34-,35-,37-/m1/s1. The minimum Gasteiger partial charge on any atom is -0.481 e. The number of ketones is 1. The summed E-state index contributed by atoms with van der Waals surface area (Å²) in [6.07, 6.45) is 2.81. The van der Waals surface area contributed by atoms with E-state index < -0.39 is 41.8 Å². The highest BCUT2D eigenvalue weighted by Gasteiger charge is 2.39. The number of likely N-dealkylation sites (N-methyl/N-ethyl adjacent to an activating group) is 1. The number of aliphatic carboxylic acids is 1. The maximum Gasteiger partial charge on any atom is 0.306 e. The fourth-order valence-corrected chi connectivity index (χ4v) is 8.25. The molecule has 12 nitrogen and oxygen atoms in total. The molecular formula is C41H63N5O7S. The number of carbonyl (C=O) groups is 5. The van der Waals surface area contributed by atoms with Crippen LogP contribution >= 0.6 is 11.3 Å². The number of hydrogen-bond acceptors (Lipinski definition) is 10. The van der Waals surface area contributed by atoms with Gasteiger partial charge in [-0.3, -0.25) is 28.9 Å². The lowest BCUT2D eigenvalue weighted by molar-refractivity contribution is -0.150. The first-order valence-electron chi connectivity index (χ1n) is 19.5. The van der Waals surface area contributed by atoms with Crippen molar-refractivity contribution in [3.8, 4) is 0 Å². The Balaban J connectivity index is 1.85. The first-order chi connectivity index (χ1) is 25.4. The van der Waals surface area contributed by atoms with Gasteiger partial charge in [0.25, 0.3) is 5.91 Å². The number of piperidine rings is 1. The molecule has 54 heavy (non-hydrogen) atoms. The summed E-state index contributed by atoms with van der Waals surface area (Å²) in [6.45, 7) is 16.4. The van der Waals surface area contributed by atoms with E-state index in [1.54, 1.807) is 24.4 Å². The van der Waals surface area contributed by atoms with Crippen LogP contribution < -0.4 is 11.1 Å². The van der Waals surface area contributed by atoms with Crippen molar-refractivity contribution in [1.29, 1.82) is 0 Å². The number of aromatic nitrogens is 1. The van der Waals surface area contributed by atoms with Gasteiger partial charge in [0.15, 0.2) is 11.9 Å². The zero-order chi connectivity index (χ0) is 40.3. The van der Waals surface area contributed by atoms with E-state index in [9.17, 15) is 29.1 Å². The molecule has 2 amide bonds. The summed E-state index contributed by atoms with van der Waals surface area (Å²) in [7, 11) is 1.99. The summed E-state index contributed by atoms with van der Waals surface area (Å²) in [5.74, 6) is -2.68. The number of rotatable bonds is 20. The Morgan fingerprint density at radius 1 is 1.09 bits per heavy atom. The predicted molar refractivity (Wildman–Crippen MR) is 212 cm³/mol. The number of nitrogens with zero attached hydrogens (tertiary/aromatic N) is 3. The number of benzene rings is 1. The Kier molecular flexibility index (Phi) is 17.1. The first-order valence-corrected chi connectivity index (χ1v) is 20.4. The van der Waals surface area contributed by atoms with E-state index in [0.717, 1.165) is 31.4 Å². The van der Waals surface area contributed by atoms with Crippen LogP contribution in [0.2, 0.25) is 0 Å². The van der Waals surface area contributed by atoms with Gasteiger partial charge in [0.05, 0.1) is 12.0 Å². The molecule has 2 aromatic rings. The molecule has 4 N–H and O–H groups in total. The SMILES string of the molecule is CC[C@H](C)[C@H](CC(=O)[C@H]1C[C@H](C)CCN1C)C(=O)N(CC)[C@H](C[C@@H](OC(C)=O)c1nc(C(=O)N[C@@H](Cc2ccc(N)cc2)C[C@H](C)C(=O)O)cs1)C(C)C. The Bertz CT molecular complexity index is 1560. The van der Waals surface area contributed by atoms with Gasteiger partial charge < -0.3 is 25.8 Å². The molecule has 1 aliphatic rings. The van der Waals surface area contributed by atoms with Gasteiger partial charge >= 0.3 is 11.9 Å². The molecule has 8 atom stereocenters. The van der Waals surface area contributed by atoms with Crippen molar-refractivity contribution >= 4 is 46.6 Å². The van der Waals surface area contributed by atoms with Crippen molar-refractivity contribution in [2.75, 3.05) is 25.9 Å². The molecule has 0 radical (unpaired) electrons. The molecule has 1 aliphatic heterocycles. The Labute approximate surface area is 325 Å². The minimum absolute atomic E-state index is 0.0127. The monoisotopic (exact) mass is 769 g/mol. The second kappa shape index (κ2) is 20.7. The van der Waals surface area contributed by atoms with E-state index in [1.807, 2.05) is 58.7 Å². The maximum absolute atomic E-state index is 14.5. The number of carbonyl (C=O) groups excluding carboxylic acids is 4. The number of esters is 1. The predicted octanol–water partition coefficient (Wildman–Crippen LogP) is 6.40. The molecule has 0 spiro atoms. The van der Waals surface area contributed by atoms with Gasteiger partial charge in [-0.15, -0.1) is 11.3 Å². The van der Waals surface area contributed by atoms with Crippen LogP contribution in [0.5, 0.6) is 0 Å². The van der Waals surface area contributed by atoms with Crippen LogP contribution in [0.4, 0.5) is 5.69 Å². The van der Waals surface area contributed by atoms with Gasteiger partial charge in [0.2, 0.25) is 5.91 Å². The number of anilines is 1. The zero-order valence-corrected chi connectivity index (χ0v) is 34.5. The quantitative estimate of drug-likeness (QED) is 0.101. The van der Waals surface area contributed by atoms with Crippen LogP contribution in [0.1, 0.15) is 121 Å². The van der Waals surface area contributed by atoms with Crippen molar-refractivity contribution in [2.24, 2.45) is 29.6 Å². The van der Waals surface area contributed by atoms with Gasteiger partial charge in [0.1, 0.15) is 10.7 Å². The summed E-state index contributed by atoms with van der Waals surface area (Å²) in [4.78, 5) is 74.6. The van der Waals surface area contributed by atoms with Crippen LogP contribution in [0.3, 0.4) is 0 Å². The van der Waals surface area contributed by atoms with Crippen LogP contribution in [0, 0.1) is 29.6 Å².